The van der Waals surface area contributed by atoms with Crippen molar-refractivity contribution < 1.29 is 14.1 Å². The highest BCUT2D eigenvalue weighted by atomic mass is 35.5. The number of aryl methyl sites for hydroxylation is 2. The molecule has 0 unspecified atom stereocenters. The molecule has 0 saturated heterocycles. The van der Waals surface area contributed by atoms with Gasteiger partial charge < -0.3 is 19.5 Å². The standard InChI is InChI=1S/C17H23N3O3.ClH/c1-12-16(13(2)23-19-12)11-22-15-7-5-6-14(10-15)17(21)20(4)9-8-18-3;/h5-7,10,18H,8-9,11H2,1-4H3;1H. The molecular weight excluding hydrogens is 330 g/mol. The van der Waals surface area contributed by atoms with Gasteiger partial charge in [0, 0.05) is 25.7 Å². The Morgan fingerprint density at radius 1 is 1.38 bits per heavy atom. The van der Waals surface area contributed by atoms with Crippen molar-refractivity contribution in [1.29, 1.82) is 0 Å². The van der Waals surface area contributed by atoms with Gasteiger partial charge in [0.25, 0.3) is 5.91 Å². The van der Waals surface area contributed by atoms with Crippen LogP contribution in [0.3, 0.4) is 0 Å². The van der Waals surface area contributed by atoms with Gasteiger partial charge in [0.2, 0.25) is 0 Å². The number of rotatable bonds is 7. The lowest BCUT2D eigenvalue weighted by atomic mass is 10.2. The van der Waals surface area contributed by atoms with Crippen molar-refractivity contribution in [3.05, 3.63) is 46.8 Å². The number of aromatic nitrogens is 1. The van der Waals surface area contributed by atoms with E-state index in [2.05, 4.69) is 10.5 Å². The van der Waals surface area contributed by atoms with Crippen molar-refractivity contribution in [2.75, 3.05) is 27.2 Å². The van der Waals surface area contributed by atoms with Gasteiger partial charge in [-0.15, -0.1) is 12.4 Å². The number of amides is 1. The largest absolute Gasteiger partial charge is 0.489 e. The number of nitrogens with one attached hydrogen (secondary N) is 1. The molecule has 0 aliphatic carbocycles. The zero-order chi connectivity index (χ0) is 16.8. The van der Waals surface area contributed by atoms with Crippen LogP contribution in [0.25, 0.3) is 0 Å². The highest BCUT2D eigenvalue weighted by molar-refractivity contribution is 5.94. The fraction of sp³-hybridized carbons (Fsp3) is 0.412. The second kappa shape index (κ2) is 9.30. The Bertz CT molecular complexity index is 653. The van der Waals surface area contributed by atoms with Crippen LogP contribution in [-0.4, -0.2) is 43.1 Å². The van der Waals surface area contributed by atoms with E-state index in [-0.39, 0.29) is 18.3 Å². The number of carbonyl (C=O) groups is 1. The van der Waals surface area contributed by atoms with E-state index in [0.717, 1.165) is 23.6 Å². The number of hydrogen-bond acceptors (Lipinski definition) is 5. The van der Waals surface area contributed by atoms with Gasteiger partial charge >= 0.3 is 0 Å². The van der Waals surface area contributed by atoms with E-state index in [9.17, 15) is 4.79 Å². The van der Waals surface area contributed by atoms with Crippen LogP contribution in [0.1, 0.15) is 27.4 Å². The van der Waals surface area contributed by atoms with Gasteiger partial charge in [0.1, 0.15) is 18.1 Å². The van der Waals surface area contributed by atoms with Crippen molar-refractivity contribution in [2.45, 2.75) is 20.5 Å². The molecule has 0 saturated carbocycles. The van der Waals surface area contributed by atoms with Crippen LogP contribution in [-0.2, 0) is 6.61 Å². The number of benzene rings is 1. The monoisotopic (exact) mass is 353 g/mol. The van der Waals surface area contributed by atoms with Crippen LogP contribution in [0.2, 0.25) is 0 Å². The lowest BCUT2D eigenvalue weighted by molar-refractivity contribution is 0.0796. The third kappa shape index (κ3) is 4.97. The number of ether oxygens (including phenoxy) is 1. The third-order valence-corrected chi connectivity index (χ3v) is 3.69. The molecule has 1 aromatic carbocycles. The van der Waals surface area contributed by atoms with E-state index in [1.54, 1.807) is 24.1 Å². The van der Waals surface area contributed by atoms with Crippen LogP contribution >= 0.6 is 12.4 Å². The Morgan fingerprint density at radius 2 is 2.12 bits per heavy atom. The van der Waals surface area contributed by atoms with E-state index < -0.39 is 0 Å². The SMILES string of the molecule is CNCCN(C)C(=O)c1cccc(OCc2c(C)noc2C)c1.Cl. The van der Waals surface area contributed by atoms with Gasteiger partial charge in [0.15, 0.2) is 0 Å². The molecule has 24 heavy (non-hydrogen) atoms. The van der Waals surface area contributed by atoms with Crippen molar-refractivity contribution >= 4 is 18.3 Å². The first-order chi connectivity index (χ1) is 11.0. The molecule has 0 bridgehead atoms. The normalized spacial score (nSPS) is 10.2. The maximum absolute atomic E-state index is 12.4. The first-order valence-corrected chi connectivity index (χ1v) is 7.57. The molecule has 1 heterocycles. The summed E-state index contributed by atoms with van der Waals surface area (Å²) in [7, 11) is 3.65. The first-order valence-electron chi connectivity index (χ1n) is 7.57. The fourth-order valence-electron chi connectivity index (χ4n) is 2.18. The Balaban J connectivity index is 0.00000288. The van der Waals surface area contributed by atoms with E-state index in [1.165, 1.54) is 0 Å². The average molecular weight is 354 g/mol. The number of halogens is 1. The van der Waals surface area contributed by atoms with E-state index in [1.807, 2.05) is 33.0 Å². The summed E-state index contributed by atoms with van der Waals surface area (Å²) >= 11 is 0. The third-order valence-electron chi connectivity index (χ3n) is 3.69. The second-order valence-corrected chi connectivity index (χ2v) is 5.45. The van der Waals surface area contributed by atoms with Crippen molar-refractivity contribution in [3.8, 4) is 5.75 Å². The molecule has 1 amide bonds. The molecule has 1 N–H and O–H groups in total. The molecule has 2 aromatic rings. The lowest BCUT2D eigenvalue weighted by Gasteiger charge is -2.17. The molecule has 0 aliphatic heterocycles. The quantitative estimate of drug-likeness (QED) is 0.828. The minimum Gasteiger partial charge on any atom is -0.489 e. The van der Waals surface area contributed by atoms with Crippen LogP contribution < -0.4 is 10.1 Å². The number of likely N-dealkylation sites (N-methyl/N-ethyl adjacent to an activating group) is 2. The van der Waals surface area contributed by atoms with Gasteiger partial charge in [-0.2, -0.15) is 0 Å². The van der Waals surface area contributed by atoms with Crippen molar-refractivity contribution in [1.82, 2.24) is 15.4 Å². The number of hydrogen-bond donors (Lipinski definition) is 1. The molecule has 0 aliphatic rings. The minimum absolute atomic E-state index is 0. The summed E-state index contributed by atoms with van der Waals surface area (Å²) in [5, 5.41) is 6.93. The molecule has 0 spiro atoms. The molecule has 132 valence electrons. The predicted octanol–water partition coefficient (Wildman–Crippen LogP) is 2.58. The van der Waals surface area contributed by atoms with Crippen LogP contribution in [0.15, 0.2) is 28.8 Å². The van der Waals surface area contributed by atoms with E-state index >= 15 is 0 Å². The molecule has 0 radical (unpaired) electrons. The smallest absolute Gasteiger partial charge is 0.253 e. The fourth-order valence-corrected chi connectivity index (χ4v) is 2.18. The highest BCUT2D eigenvalue weighted by Crippen LogP contribution is 2.19. The van der Waals surface area contributed by atoms with Crippen LogP contribution in [0.5, 0.6) is 5.75 Å². The van der Waals surface area contributed by atoms with Crippen molar-refractivity contribution in [3.63, 3.8) is 0 Å². The molecule has 0 fully saturated rings. The van der Waals surface area contributed by atoms with Gasteiger partial charge in [-0.3, -0.25) is 4.79 Å². The van der Waals surface area contributed by atoms with Gasteiger partial charge in [-0.1, -0.05) is 11.2 Å². The summed E-state index contributed by atoms with van der Waals surface area (Å²) < 4.78 is 10.9. The highest BCUT2D eigenvalue weighted by Gasteiger charge is 2.13. The van der Waals surface area contributed by atoms with Gasteiger partial charge in [-0.05, 0) is 39.1 Å². The molecule has 7 heteroatoms. The summed E-state index contributed by atoms with van der Waals surface area (Å²) in [6.45, 7) is 5.51. The Kier molecular flexibility index (Phi) is 7.74. The number of carbonyl (C=O) groups excluding carboxylic acids is 1. The minimum atomic E-state index is -0.0250. The van der Waals surface area contributed by atoms with E-state index in [0.29, 0.717) is 24.5 Å². The average Bonchev–Trinajstić information content (AvgIpc) is 2.88. The Morgan fingerprint density at radius 3 is 2.75 bits per heavy atom. The maximum Gasteiger partial charge on any atom is 0.253 e. The zero-order valence-electron chi connectivity index (χ0n) is 14.5. The lowest BCUT2D eigenvalue weighted by Crippen LogP contribution is -2.32. The summed E-state index contributed by atoms with van der Waals surface area (Å²) in [5.41, 5.74) is 2.37. The molecule has 6 nitrogen and oxygen atoms in total. The first kappa shape index (κ1) is 20.0. The van der Waals surface area contributed by atoms with Crippen LogP contribution in [0.4, 0.5) is 0 Å². The summed E-state index contributed by atoms with van der Waals surface area (Å²) in [6.07, 6.45) is 0. The summed E-state index contributed by atoms with van der Waals surface area (Å²) in [6, 6.07) is 7.21. The molecule has 0 atom stereocenters. The number of nitrogens with zero attached hydrogens (tertiary/aromatic N) is 2. The Labute approximate surface area is 148 Å². The Hall–Kier alpha value is -2.05. The maximum atomic E-state index is 12.4. The van der Waals surface area contributed by atoms with Gasteiger partial charge in [-0.25, -0.2) is 0 Å². The van der Waals surface area contributed by atoms with E-state index in [4.69, 9.17) is 9.26 Å². The van der Waals surface area contributed by atoms with Crippen LogP contribution in [0, 0.1) is 13.8 Å². The zero-order valence-corrected chi connectivity index (χ0v) is 15.3. The molecule has 1 aromatic heterocycles. The molecule has 2 rings (SSSR count). The van der Waals surface area contributed by atoms with Gasteiger partial charge in [0.05, 0.1) is 11.3 Å². The summed E-state index contributed by atoms with van der Waals surface area (Å²) in [4.78, 5) is 14.0. The summed E-state index contributed by atoms with van der Waals surface area (Å²) in [5.74, 6) is 1.38. The topological polar surface area (TPSA) is 67.6 Å². The van der Waals surface area contributed by atoms with Crippen molar-refractivity contribution in [2.24, 2.45) is 0 Å². The molecular formula is C17H24ClN3O3. The second-order valence-electron chi connectivity index (χ2n) is 5.45. The predicted molar refractivity (Wildman–Crippen MR) is 94.9 cm³/mol.